The Kier molecular flexibility index (Phi) is 2.26. The first kappa shape index (κ1) is 10.3. The molecule has 0 N–H and O–H groups in total. The van der Waals surface area contributed by atoms with E-state index in [0.717, 1.165) is 0 Å². The Morgan fingerprint density at radius 3 is 2.08 bits per heavy atom. The van der Waals surface area contributed by atoms with Crippen LogP contribution < -0.4 is 0 Å². The summed E-state index contributed by atoms with van der Waals surface area (Å²) in [4.78, 5) is 0. The second-order valence-corrected chi connectivity index (χ2v) is 4.02. The third-order valence-corrected chi connectivity index (χ3v) is 1.72. The van der Waals surface area contributed by atoms with Crippen LogP contribution >= 0.6 is 0 Å². The maximum atomic E-state index is 12.7. The van der Waals surface area contributed by atoms with Gasteiger partial charge in [-0.15, -0.1) is 8.78 Å². The molecule has 0 spiro atoms. The lowest BCUT2D eigenvalue weighted by atomic mass is 9.92. The summed E-state index contributed by atoms with van der Waals surface area (Å²) in [5.74, 6) is 0.498. The lowest BCUT2D eigenvalue weighted by molar-refractivity contribution is -0.340. The minimum atomic E-state index is -3.48. The number of ether oxygens (including phenoxy) is 2. The molecule has 0 aromatic rings. The van der Waals surface area contributed by atoms with Gasteiger partial charge in [0.25, 0.3) is 0 Å². The molecule has 0 radical (unpaired) electrons. The Bertz CT molecular complexity index is 238. The van der Waals surface area contributed by atoms with E-state index in [9.17, 15) is 8.78 Å². The molecule has 0 unspecified atom stereocenters. The van der Waals surface area contributed by atoms with E-state index < -0.39 is 11.7 Å². The Morgan fingerprint density at radius 1 is 1.23 bits per heavy atom. The fourth-order valence-electron chi connectivity index (χ4n) is 1.19. The highest BCUT2D eigenvalue weighted by atomic mass is 19.3. The van der Waals surface area contributed by atoms with Crippen LogP contribution in [0.5, 0.6) is 0 Å². The lowest BCUT2D eigenvalue weighted by Gasteiger charge is -2.19. The number of hydrogen-bond donors (Lipinski definition) is 0. The van der Waals surface area contributed by atoms with Crippen molar-refractivity contribution in [2.24, 2.45) is 5.41 Å². The monoisotopic (exact) mass is 192 g/mol. The fourth-order valence-corrected chi connectivity index (χ4v) is 1.19. The SMILES string of the molecule is CCC1=C(C(C)(C)C)OC(F)(F)O1. The van der Waals surface area contributed by atoms with Gasteiger partial charge in [-0.1, -0.05) is 27.7 Å². The van der Waals surface area contributed by atoms with E-state index in [1.54, 1.807) is 6.92 Å². The predicted molar refractivity (Wildman–Crippen MR) is 43.9 cm³/mol. The summed E-state index contributed by atoms with van der Waals surface area (Å²) in [7, 11) is 0. The van der Waals surface area contributed by atoms with E-state index in [1.807, 2.05) is 20.8 Å². The molecular weight excluding hydrogens is 178 g/mol. The summed E-state index contributed by atoms with van der Waals surface area (Å²) in [6.45, 7) is 7.18. The summed E-state index contributed by atoms with van der Waals surface area (Å²) < 4.78 is 34.2. The molecule has 0 aromatic carbocycles. The Labute approximate surface area is 76.5 Å². The molecule has 4 heteroatoms. The van der Waals surface area contributed by atoms with Gasteiger partial charge in [0.15, 0.2) is 5.76 Å². The molecule has 0 amide bonds. The van der Waals surface area contributed by atoms with Crippen molar-refractivity contribution in [2.45, 2.75) is 40.4 Å². The van der Waals surface area contributed by atoms with Gasteiger partial charge >= 0.3 is 6.29 Å². The van der Waals surface area contributed by atoms with Gasteiger partial charge in [-0.25, -0.2) is 0 Å². The average Bonchev–Trinajstić information content (AvgIpc) is 2.24. The van der Waals surface area contributed by atoms with Gasteiger partial charge < -0.3 is 9.47 Å². The molecule has 0 aliphatic carbocycles. The standard InChI is InChI=1S/C9H14F2O2/c1-5-6-7(8(2,3)4)13-9(10,11)12-6/h5H2,1-4H3. The topological polar surface area (TPSA) is 18.5 Å². The summed E-state index contributed by atoms with van der Waals surface area (Å²) in [5.41, 5.74) is -0.439. The molecule has 0 saturated carbocycles. The average molecular weight is 192 g/mol. The highest BCUT2D eigenvalue weighted by Crippen LogP contribution is 2.42. The van der Waals surface area contributed by atoms with Crippen LogP contribution in [0.4, 0.5) is 8.78 Å². The molecule has 13 heavy (non-hydrogen) atoms. The largest absolute Gasteiger partial charge is 0.585 e. The zero-order valence-electron chi connectivity index (χ0n) is 8.28. The van der Waals surface area contributed by atoms with Crippen LogP contribution in [0, 0.1) is 5.41 Å². The van der Waals surface area contributed by atoms with Crippen molar-refractivity contribution in [2.75, 3.05) is 0 Å². The minimum absolute atomic E-state index is 0.248. The number of rotatable bonds is 1. The van der Waals surface area contributed by atoms with Crippen LogP contribution in [0.1, 0.15) is 34.1 Å². The van der Waals surface area contributed by atoms with Crippen LogP contribution in [-0.2, 0) is 9.47 Å². The van der Waals surface area contributed by atoms with E-state index in [0.29, 0.717) is 6.42 Å². The van der Waals surface area contributed by atoms with Crippen molar-refractivity contribution >= 4 is 0 Å². The summed E-state index contributed by atoms with van der Waals surface area (Å²) >= 11 is 0. The van der Waals surface area contributed by atoms with Crippen LogP contribution in [-0.4, -0.2) is 6.29 Å². The minimum Gasteiger partial charge on any atom is -0.400 e. The molecule has 1 aliphatic heterocycles. The molecule has 1 heterocycles. The van der Waals surface area contributed by atoms with Gasteiger partial charge in [-0.2, -0.15) is 0 Å². The third-order valence-electron chi connectivity index (χ3n) is 1.72. The first-order valence-electron chi connectivity index (χ1n) is 4.26. The number of hydrogen-bond acceptors (Lipinski definition) is 2. The highest BCUT2D eigenvalue weighted by Gasteiger charge is 2.47. The second kappa shape index (κ2) is 2.86. The molecule has 76 valence electrons. The fraction of sp³-hybridized carbons (Fsp3) is 0.778. The summed E-state index contributed by atoms with van der Waals surface area (Å²) in [6, 6.07) is 0. The van der Waals surface area contributed by atoms with Gasteiger partial charge in [0, 0.05) is 11.8 Å². The quantitative estimate of drug-likeness (QED) is 0.634. The zero-order chi connectivity index (χ0) is 10.3. The van der Waals surface area contributed by atoms with Crippen LogP contribution in [0.2, 0.25) is 0 Å². The zero-order valence-corrected chi connectivity index (χ0v) is 8.28. The predicted octanol–water partition coefficient (Wildman–Crippen LogP) is 3.25. The molecule has 1 rings (SSSR count). The van der Waals surface area contributed by atoms with Gasteiger partial charge in [0.2, 0.25) is 0 Å². The molecule has 1 aliphatic rings. The van der Waals surface area contributed by atoms with Crippen LogP contribution in [0.15, 0.2) is 11.5 Å². The van der Waals surface area contributed by atoms with Gasteiger partial charge in [0.05, 0.1) is 0 Å². The molecule has 0 atom stereocenters. The maximum absolute atomic E-state index is 12.7. The molecule has 0 aromatic heterocycles. The maximum Gasteiger partial charge on any atom is 0.585 e. The Morgan fingerprint density at radius 2 is 1.77 bits per heavy atom. The number of allylic oxidation sites excluding steroid dienone is 2. The molecule has 0 saturated heterocycles. The van der Waals surface area contributed by atoms with Crippen molar-refractivity contribution in [1.82, 2.24) is 0 Å². The van der Waals surface area contributed by atoms with Gasteiger partial charge in [-0.3, -0.25) is 0 Å². The van der Waals surface area contributed by atoms with E-state index in [2.05, 4.69) is 9.47 Å². The third kappa shape index (κ3) is 2.11. The second-order valence-electron chi connectivity index (χ2n) is 4.02. The van der Waals surface area contributed by atoms with Crippen molar-refractivity contribution in [3.63, 3.8) is 0 Å². The smallest absolute Gasteiger partial charge is 0.400 e. The van der Waals surface area contributed by atoms with E-state index in [1.165, 1.54) is 0 Å². The van der Waals surface area contributed by atoms with E-state index in [4.69, 9.17) is 0 Å². The van der Waals surface area contributed by atoms with Crippen molar-refractivity contribution in [1.29, 1.82) is 0 Å². The first-order valence-corrected chi connectivity index (χ1v) is 4.26. The van der Waals surface area contributed by atoms with Gasteiger partial charge in [0.1, 0.15) is 5.76 Å². The normalized spacial score (nSPS) is 21.4. The van der Waals surface area contributed by atoms with Gasteiger partial charge in [-0.05, 0) is 0 Å². The van der Waals surface area contributed by atoms with Crippen LogP contribution in [0.3, 0.4) is 0 Å². The number of alkyl halides is 2. The first-order chi connectivity index (χ1) is 5.76. The van der Waals surface area contributed by atoms with E-state index in [-0.39, 0.29) is 11.5 Å². The summed E-state index contributed by atoms with van der Waals surface area (Å²) in [5, 5.41) is 0. The Balaban J connectivity index is 2.93. The van der Waals surface area contributed by atoms with Crippen LogP contribution in [0.25, 0.3) is 0 Å². The molecular formula is C9H14F2O2. The lowest BCUT2D eigenvalue weighted by Crippen LogP contribution is -2.19. The molecule has 2 nitrogen and oxygen atoms in total. The van der Waals surface area contributed by atoms with Crippen molar-refractivity contribution < 1.29 is 18.3 Å². The summed E-state index contributed by atoms with van der Waals surface area (Å²) in [6.07, 6.45) is -3.06. The molecule has 0 bridgehead atoms. The molecule has 0 fully saturated rings. The number of halogens is 2. The Hall–Kier alpha value is -0.800. The highest BCUT2D eigenvalue weighted by molar-refractivity contribution is 5.12. The van der Waals surface area contributed by atoms with E-state index >= 15 is 0 Å². The van der Waals surface area contributed by atoms with Crippen molar-refractivity contribution in [3.8, 4) is 0 Å². The van der Waals surface area contributed by atoms with Crippen molar-refractivity contribution in [3.05, 3.63) is 11.5 Å².